The van der Waals surface area contributed by atoms with Crippen LogP contribution in [0.5, 0.6) is 5.75 Å². The van der Waals surface area contributed by atoms with Crippen LogP contribution in [0.2, 0.25) is 0 Å². The van der Waals surface area contributed by atoms with Crippen LogP contribution in [0, 0.1) is 6.92 Å². The van der Waals surface area contributed by atoms with Crippen LogP contribution in [-0.2, 0) is 11.2 Å². The minimum Gasteiger partial charge on any atom is -0.491 e. The van der Waals surface area contributed by atoms with Crippen LogP contribution in [0.25, 0.3) is 0 Å². The number of benzene rings is 1. The second-order valence-electron chi connectivity index (χ2n) is 4.21. The van der Waals surface area contributed by atoms with E-state index in [1.807, 2.05) is 6.92 Å². The molecule has 0 saturated heterocycles. The third-order valence-corrected chi connectivity index (χ3v) is 3.01. The molecular weight excluding hydrogens is 294 g/mol. The smallest absolute Gasteiger partial charge is 0.125 e. The molecule has 2 N–H and O–H groups in total. The van der Waals surface area contributed by atoms with Crippen molar-refractivity contribution in [3.05, 3.63) is 27.7 Å². The molecule has 102 valence electrons. The predicted molar refractivity (Wildman–Crippen MR) is 78.2 cm³/mol. The zero-order valence-electron chi connectivity index (χ0n) is 11.2. The van der Waals surface area contributed by atoms with Crippen molar-refractivity contribution in [2.75, 3.05) is 26.4 Å². The third-order valence-electron chi connectivity index (χ3n) is 2.55. The van der Waals surface area contributed by atoms with E-state index in [9.17, 15) is 0 Å². The molecule has 0 aliphatic carbocycles. The molecule has 0 aliphatic heterocycles. The molecule has 1 aromatic carbocycles. The molecule has 0 heterocycles. The molecule has 0 aromatic heterocycles. The molecule has 0 atom stereocenters. The van der Waals surface area contributed by atoms with Gasteiger partial charge < -0.3 is 15.2 Å². The number of hydrogen-bond donors (Lipinski definition) is 1. The van der Waals surface area contributed by atoms with Gasteiger partial charge in [0, 0.05) is 11.1 Å². The van der Waals surface area contributed by atoms with Gasteiger partial charge in [0.15, 0.2) is 0 Å². The average molecular weight is 316 g/mol. The summed E-state index contributed by atoms with van der Waals surface area (Å²) in [5.41, 5.74) is 7.91. The lowest BCUT2D eigenvalue weighted by Gasteiger charge is -2.14. The standard InChI is InChI=1S/C14H22BrNO2/c1-3-6-17-7-8-18-14-11(2)9-13(15)10-12(14)4-5-16/h9-10H,3-8,16H2,1-2H3. The molecule has 4 heteroatoms. The molecular formula is C14H22BrNO2. The normalized spacial score (nSPS) is 10.7. The van der Waals surface area contributed by atoms with Crippen molar-refractivity contribution >= 4 is 15.9 Å². The summed E-state index contributed by atoms with van der Waals surface area (Å²) in [7, 11) is 0. The van der Waals surface area contributed by atoms with E-state index in [4.69, 9.17) is 15.2 Å². The highest BCUT2D eigenvalue weighted by Gasteiger charge is 2.08. The number of hydrogen-bond acceptors (Lipinski definition) is 3. The summed E-state index contributed by atoms with van der Waals surface area (Å²) in [6.07, 6.45) is 1.86. The minimum absolute atomic E-state index is 0.583. The van der Waals surface area contributed by atoms with Crippen LogP contribution in [0.4, 0.5) is 0 Å². The van der Waals surface area contributed by atoms with Crippen LogP contribution >= 0.6 is 15.9 Å². The highest BCUT2D eigenvalue weighted by molar-refractivity contribution is 9.10. The lowest BCUT2D eigenvalue weighted by atomic mass is 10.1. The third kappa shape index (κ3) is 4.96. The Morgan fingerprint density at radius 3 is 2.67 bits per heavy atom. The van der Waals surface area contributed by atoms with E-state index in [1.165, 1.54) is 0 Å². The van der Waals surface area contributed by atoms with Gasteiger partial charge in [-0.2, -0.15) is 0 Å². The summed E-state index contributed by atoms with van der Waals surface area (Å²) in [6.45, 7) is 6.77. The van der Waals surface area contributed by atoms with Crippen LogP contribution in [0.1, 0.15) is 24.5 Å². The van der Waals surface area contributed by atoms with Gasteiger partial charge in [0.1, 0.15) is 12.4 Å². The Bertz CT molecular complexity index is 369. The molecule has 0 saturated carbocycles. The Balaban J connectivity index is 2.62. The van der Waals surface area contributed by atoms with Gasteiger partial charge in [0.05, 0.1) is 6.61 Å². The van der Waals surface area contributed by atoms with Crippen molar-refractivity contribution in [1.29, 1.82) is 0 Å². The Hall–Kier alpha value is -0.580. The zero-order valence-corrected chi connectivity index (χ0v) is 12.8. The minimum atomic E-state index is 0.583. The van der Waals surface area contributed by atoms with E-state index in [0.29, 0.717) is 19.8 Å². The predicted octanol–water partition coefficient (Wildman–Crippen LogP) is 3.06. The van der Waals surface area contributed by atoms with Gasteiger partial charge in [-0.15, -0.1) is 0 Å². The van der Waals surface area contributed by atoms with Crippen molar-refractivity contribution < 1.29 is 9.47 Å². The van der Waals surface area contributed by atoms with E-state index in [1.54, 1.807) is 0 Å². The van der Waals surface area contributed by atoms with Crippen molar-refractivity contribution in [3.8, 4) is 5.75 Å². The molecule has 0 amide bonds. The molecule has 0 radical (unpaired) electrons. The fraction of sp³-hybridized carbons (Fsp3) is 0.571. The molecule has 1 rings (SSSR count). The Kier molecular flexibility index (Phi) is 7.32. The summed E-state index contributed by atoms with van der Waals surface area (Å²) in [5.74, 6) is 0.948. The highest BCUT2D eigenvalue weighted by Crippen LogP contribution is 2.28. The van der Waals surface area contributed by atoms with Crippen molar-refractivity contribution in [1.82, 2.24) is 0 Å². The fourth-order valence-corrected chi connectivity index (χ4v) is 2.42. The van der Waals surface area contributed by atoms with Crippen LogP contribution < -0.4 is 10.5 Å². The Morgan fingerprint density at radius 2 is 2.00 bits per heavy atom. The maximum Gasteiger partial charge on any atom is 0.125 e. The van der Waals surface area contributed by atoms with Crippen LogP contribution in [0.15, 0.2) is 16.6 Å². The summed E-state index contributed by atoms with van der Waals surface area (Å²) >= 11 is 3.50. The maximum atomic E-state index is 5.82. The zero-order chi connectivity index (χ0) is 13.4. The first-order valence-corrected chi connectivity index (χ1v) is 7.18. The van der Waals surface area contributed by atoms with Gasteiger partial charge >= 0.3 is 0 Å². The highest BCUT2D eigenvalue weighted by atomic mass is 79.9. The van der Waals surface area contributed by atoms with E-state index >= 15 is 0 Å². The monoisotopic (exact) mass is 315 g/mol. The van der Waals surface area contributed by atoms with Gasteiger partial charge in [-0.05, 0) is 49.6 Å². The van der Waals surface area contributed by atoms with Gasteiger partial charge in [-0.1, -0.05) is 22.9 Å². The first kappa shape index (κ1) is 15.5. The second-order valence-corrected chi connectivity index (χ2v) is 5.13. The van der Waals surface area contributed by atoms with Gasteiger partial charge in [-0.3, -0.25) is 0 Å². The number of aryl methyl sites for hydroxylation is 1. The summed E-state index contributed by atoms with van der Waals surface area (Å²) in [4.78, 5) is 0. The number of rotatable bonds is 8. The van der Waals surface area contributed by atoms with E-state index < -0.39 is 0 Å². The fourth-order valence-electron chi connectivity index (χ4n) is 1.80. The van der Waals surface area contributed by atoms with Gasteiger partial charge in [0.2, 0.25) is 0 Å². The van der Waals surface area contributed by atoms with Crippen molar-refractivity contribution in [3.63, 3.8) is 0 Å². The molecule has 3 nitrogen and oxygen atoms in total. The number of ether oxygens (including phenoxy) is 2. The molecule has 0 bridgehead atoms. The molecule has 0 fully saturated rings. The molecule has 18 heavy (non-hydrogen) atoms. The van der Waals surface area contributed by atoms with E-state index in [0.717, 1.165) is 40.8 Å². The largest absolute Gasteiger partial charge is 0.491 e. The quantitative estimate of drug-likeness (QED) is 0.750. The van der Waals surface area contributed by atoms with Crippen LogP contribution in [0.3, 0.4) is 0 Å². The average Bonchev–Trinajstić information content (AvgIpc) is 2.32. The van der Waals surface area contributed by atoms with Crippen molar-refractivity contribution in [2.45, 2.75) is 26.7 Å². The first-order chi connectivity index (χ1) is 8.69. The second kappa shape index (κ2) is 8.51. The number of halogens is 1. The van der Waals surface area contributed by atoms with Crippen LogP contribution in [-0.4, -0.2) is 26.4 Å². The topological polar surface area (TPSA) is 44.5 Å². The van der Waals surface area contributed by atoms with E-state index in [2.05, 4.69) is 35.0 Å². The Labute approximate surface area is 118 Å². The first-order valence-electron chi connectivity index (χ1n) is 6.38. The SMILES string of the molecule is CCCOCCOc1c(C)cc(Br)cc1CCN. The lowest BCUT2D eigenvalue weighted by Crippen LogP contribution is -2.11. The Morgan fingerprint density at radius 1 is 1.22 bits per heavy atom. The summed E-state index contributed by atoms with van der Waals surface area (Å²) in [6, 6.07) is 4.13. The van der Waals surface area contributed by atoms with E-state index in [-0.39, 0.29) is 0 Å². The van der Waals surface area contributed by atoms with Gasteiger partial charge in [0.25, 0.3) is 0 Å². The molecule has 1 aromatic rings. The number of nitrogens with two attached hydrogens (primary N) is 1. The van der Waals surface area contributed by atoms with Crippen molar-refractivity contribution in [2.24, 2.45) is 5.73 Å². The molecule has 0 spiro atoms. The van der Waals surface area contributed by atoms with Gasteiger partial charge in [-0.25, -0.2) is 0 Å². The lowest BCUT2D eigenvalue weighted by molar-refractivity contribution is 0.100. The molecule has 0 unspecified atom stereocenters. The summed E-state index contributed by atoms with van der Waals surface area (Å²) < 4.78 is 12.3. The molecule has 0 aliphatic rings. The summed E-state index contributed by atoms with van der Waals surface area (Å²) in [5, 5.41) is 0. The maximum absolute atomic E-state index is 5.82.